The maximum atomic E-state index is 5.50. The summed E-state index contributed by atoms with van der Waals surface area (Å²) in [6, 6.07) is 0. The van der Waals surface area contributed by atoms with Gasteiger partial charge >= 0.3 is 0 Å². The Kier molecular flexibility index (Phi) is 2.71. The number of aromatic nitrogens is 1. The van der Waals surface area contributed by atoms with Crippen molar-refractivity contribution in [2.45, 2.75) is 20.3 Å². The van der Waals surface area contributed by atoms with Crippen LogP contribution in [0.5, 0.6) is 0 Å². The molecule has 0 unspecified atom stereocenters. The Balaban J connectivity index is 3.04. The Morgan fingerprint density at radius 1 is 1.67 bits per heavy atom. The summed E-state index contributed by atoms with van der Waals surface area (Å²) in [6.07, 6.45) is 2.94. The second kappa shape index (κ2) is 3.59. The molecule has 0 fully saturated rings. The van der Waals surface area contributed by atoms with Gasteiger partial charge in [0.2, 0.25) is 0 Å². The maximum Gasteiger partial charge on any atom is 0.0194 e. The Hall–Kier alpha value is -1.02. The molecule has 0 aromatic carbocycles. The van der Waals surface area contributed by atoms with Gasteiger partial charge in [-0.05, 0) is 37.9 Å². The number of allylic oxidation sites excluding steroid dienone is 1. The molecule has 0 saturated heterocycles. The molecule has 0 saturated carbocycles. The number of hydrogen-bond acceptors (Lipinski definition) is 1. The van der Waals surface area contributed by atoms with Crippen molar-refractivity contribution in [1.29, 1.82) is 0 Å². The molecule has 0 spiro atoms. The number of rotatable bonds is 3. The lowest BCUT2D eigenvalue weighted by Gasteiger charge is -2.02. The van der Waals surface area contributed by atoms with Crippen LogP contribution >= 0.6 is 0 Å². The van der Waals surface area contributed by atoms with E-state index in [0.29, 0.717) is 6.54 Å². The number of aromatic amines is 1. The van der Waals surface area contributed by atoms with Gasteiger partial charge in [-0.15, -0.1) is 0 Å². The predicted octanol–water partition coefficient (Wildman–Crippen LogP) is 1.86. The van der Waals surface area contributed by atoms with E-state index in [1.807, 2.05) is 13.1 Å². The summed E-state index contributed by atoms with van der Waals surface area (Å²) in [4.78, 5) is 3.19. The standard InChI is InChI=1S/C10H16N2/c1-7(2)10-8(3)12-6-9(10)4-5-11/h6,12H,1,4-5,11H2,2-3H3. The predicted molar refractivity (Wildman–Crippen MR) is 53.0 cm³/mol. The van der Waals surface area contributed by atoms with Crippen LogP contribution in [0.25, 0.3) is 5.57 Å². The summed E-state index contributed by atoms with van der Waals surface area (Å²) in [5.41, 5.74) is 10.3. The molecule has 1 aromatic rings. The van der Waals surface area contributed by atoms with Crippen LogP contribution in [0.3, 0.4) is 0 Å². The van der Waals surface area contributed by atoms with Gasteiger partial charge in [-0.2, -0.15) is 0 Å². The van der Waals surface area contributed by atoms with Crippen LogP contribution in [-0.4, -0.2) is 11.5 Å². The van der Waals surface area contributed by atoms with Gasteiger partial charge in [0.05, 0.1) is 0 Å². The van der Waals surface area contributed by atoms with E-state index in [1.54, 1.807) is 0 Å². The van der Waals surface area contributed by atoms with Gasteiger partial charge in [-0.3, -0.25) is 0 Å². The number of H-pyrrole nitrogens is 1. The molecule has 2 nitrogen and oxygen atoms in total. The van der Waals surface area contributed by atoms with Crippen molar-refractivity contribution in [3.8, 4) is 0 Å². The topological polar surface area (TPSA) is 41.8 Å². The van der Waals surface area contributed by atoms with E-state index < -0.39 is 0 Å². The molecule has 2 heteroatoms. The molecule has 0 bridgehead atoms. The first kappa shape index (κ1) is 9.07. The largest absolute Gasteiger partial charge is 0.364 e. The average Bonchev–Trinajstić information content (AvgIpc) is 2.32. The van der Waals surface area contributed by atoms with Gasteiger partial charge < -0.3 is 10.7 Å². The number of nitrogens with one attached hydrogen (secondary N) is 1. The molecule has 0 atom stereocenters. The lowest BCUT2D eigenvalue weighted by atomic mass is 10.0. The van der Waals surface area contributed by atoms with Gasteiger partial charge in [-0.25, -0.2) is 0 Å². The zero-order chi connectivity index (χ0) is 9.14. The van der Waals surface area contributed by atoms with Crippen LogP contribution in [0.15, 0.2) is 12.8 Å². The Morgan fingerprint density at radius 3 is 2.83 bits per heavy atom. The Labute approximate surface area is 73.5 Å². The summed E-state index contributed by atoms with van der Waals surface area (Å²) in [6.45, 7) is 8.72. The zero-order valence-corrected chi connectivity index (χ0v) is 7.78. The minimum Gasteiger partial charge on any atom is -0.364 e. The number of hydrogen-bond donors (Lipinski definition) is 2. The van der Waals surface area contributed by atoms with Gasteiger partial charge in [0, 0.05) is 17.5 Å². The summed E-state index contributed by atoms with van der Waals surface area (Å²) < 4.78 is 0. The second-order valence-electron chi connectivity index (χ2n) is 3.13. The molecule has 1 heterocycles. The van der Waals surface area contributed by atoms with E-state index in [0.717, 1.165) is 12.0 Å². The molecule has 0 aliphatic heterocycles. The highest BCUT2D eigenvalue weighted by atomic mass is 14.7. The smallest absolute Gasteiger partial charge is 0.0194 e. The van der Waals surface area contributed by atoms with E-state index in [4.69, 9.17) is 5.73 Å². The summed E-state index contributed by atoms with van der Waals surface area (Å²) in [5.74, 6) is 0. The fraction of sp³-hybridized carbons (Fsp3) is 0.400. The van der Waals surface area contributed by atoms with Crippen LogP contribution in [0.2, 0.25) is 0 Å². The van der Waals surface area contributed by atoms with Crippen LogP contribution in [0, 0.1) is 6.92 Å². The minimum atomic E-state index is 0.692. The summed E-state index contributed by atoms with van der Waals surface area (Å²) in [5, 5.41) is 0. The van der Waals surface area contributed by atoms with Gasteiger partial charge in [0.1, 0.15) is 0 Å². The molecule has 66 valence electrons. The third-order valence-electron chi connectivity index (χ3n) is 2.00. The van der Waals surface area contributed by atoms with Crippen molar-refractivity contribution in [3.63, 3.8) is 0 Å². The molecule has 0 aliphatic rings. The maximum absolute atomic E-state index is 5.50. The molecular weight excluding hydrogens is 148 g/mol. The average molecular weight is 164 g/mol. The first-order chi connectivity index (χ1) is 5.66. The SMILES string of the molecule is C=C(C)c1c(CCN)c[nH]c1C. The molecule has 1 rings (SSSR count). The first-order valence-electron chi connectivity index (χ1n) is 4.19. The fourth-order valence-corrected chi connectivity index (χ4v) is 1.53. The number of nitrogens with two attached hydrogens (primary N) is 1. The molecular formula is C10H16N2. The third-order valence-corrected chi connectivity index (χ3v) is 2.00. The highest BCUT2D eigenvalue weighted by Gasteiger charge is 2.06. The monoisotopic (exact) mass is 164 g/mol. The van der Waals surface area contributed by atoms with Crippen LogP contribution in [0.1, 0.15) is 23.7 Å². The van der Waals surface area contributed by atoms with Crippen molar-refractivity contribution in [2.75, 3.05) is 6.54 Å². The van der Waals surface area contributed by atoms with Crippen LogP contribution in [-0.2, 0) is 6.42 Å². The van der Waals surface area contributed by atoms with E-state index in [9.17, 15) is 0 Å². The van der Waals surface area contributed by atoms with Gasteiger partial charge in [0.25, 0.3) is 0 Å². The summed E-state index contributed by atoms with van der Waals surface area (Å²) >= 11 is 0. The molecule has 0 aliphatic carbocycles. The fourth-order valence-electron chi connectivity index (χ4n) is 1.53. The lowest BCUT2D eigenvalue weighted by molar-refractivity contribution is 0.967. The molecule has 0 radical (unpaired) electrons. The van der Waals surface area contributed by atoms with Crippen molar-refractivity contribution in [2.24, 2.45) is 5.73 Å². The Morgan fingerprint density at radius 2 is 2.33 bits per heavy atom. The van der Waals surface area contributed by atoms with E-state index in [2.05, 4.69) is 18.5 Å². The lowest BCUT2D eigenvalue weighted by Crippen LogP contribution is -2.03. The van der Waals surface area contributed by atoms with Crippen molar-refractivity contribution >= 4 is 5.57 Å². The molecule has 1 aromatic heterocycles. The highest BCUT2D eigenvalue weighted by Crippen LogP contribution is 2.21. The number of aryl methyl sites for hydroxylation is 1. The Bertz CT molecular complexity index is 284. The molecule has 0 amide bonds. The first-order valence-corrected chi connectivity index (χ1v) is 4.19. The van der Waals surface area contributed by atoms with Crippen molar-refractivity contribution in [1.82, 2.24) is 4.98 Å². The highest BCUT2D eigenvalue weighted by molar-refractivity contribution is 5.66. The second-order valence-corrected chi connectivity index (χ2v) is 3.13. The van der Waals surface area contributed by atoms with Crippen LogP contribution in [0.4, 0.5) is 0 Å². The van der Waals surface area contributed by atoms with Crippen molar-refractivity contribution < 1.29 is 0 Å². The summed E-state index contributed by atoms with van der Waals surface area (Å²) in [7, 11) is 0. The van der Waals surface area contributed by atoms with Crippen molar-refractivity contribution in [3.05, 3.63) is 29.6 Å². The van der Waals surface area contributed by atoms with E-state index in [-0.39, 0.29) is 0 Å². The zero-order valence-electron chi connectivity index (χ0n) is 7.78. The van der Waals surface area contributed by atoms with E-state index >= 15 is 0 Å². The molecule has 12 heavy (non-hydrogen) atoms. The molecule has 3 N–H and O–H groups in total. The van der Waals surface area contributed by atoms with Gasteiger partial charge in [-0.1, -0.05) is 6.58 Å². The minimum absolute atomic E-state index is 0.692. The van der Waals surface area contributed by atoms with Crippen LogP contribution < -0.4 is 5.73 Å². The normalized spacial score (nSPS) is 10.2. The van der Waals surface area contributed by atoms with Gasteiger partial charge in [0.15, 0.2) is 0 Å². The third kappa shape index (κ3) is 1.59. The quantitative estimate of drug-likeness (QED) is 0.703. The van der Waals surface area contributed by atoms with E-state index in [1.165, 1.54) is 16.8 Å².